The highest BCUT2D eigenvalue weighted by atomic mass is 16.5. The molecule has 5 nitrogen and oxygen atoms in total. The Kier molecular flexibility index (Phi) is 5.28. The van der Waals surface area contributed by atoms with E-state index in [4.69, 9.17) is 9.26 Å². The van der Waals surface area contributed by atoms with Gasteiger partial charge in [-0.2, -0.15) is 4.98 Å². The first-order valence-electron chi connectivity index (χ1n) is 5.32. The lowest BCUT2D eigenvalue weighted by molar-refractivity contribution is 0.149. The van der Waals surface area contributed by atoms with Crippen LogP contribution < -0.4 is 5.32 Å². The van der Waals surface area contributed by atoms with Crippen molar-refractivity contribution in [3.8, 4) is 0 Å². The van der Waals surface area contributed by atoms with E-state index in [1.165, 1.54) is 0 Å². The maximum absolute atomic E-state index is 5.21. The van der Waals surface area contributed by atoms with E-state index in [1.54, 1.807) is 0 Å². The predicted molar refractivity (Wildman–Crippen MR) is 56.7 cm³/mol. The molecule has 1 N–H and O–H groups in total. The van der Waals surface area contributed by atoms with Crippen molar-refractivity contribution >= 4 is 0 Å². The van der Waals surface area contributed by atoms with Crippen molar-refractivity contribution in [2.24, 2.45) is 0 Å². The van der Waals surface area contributed by atoms with E-state index in [2.05, 4.69) is 22.4 Å². The van der Waals surface area contributed by atoms with Crippen molar-refractivity contribution in [2.75, 3.05) is 20.3 Å². The molecule has 15 heavy (non-hydrogen) atoms. The molecule has 1 atom stereocenters. The summed E-state index contributed by atoms with van der Waals surface area (Å²) in [6.45, 7) is 5.42. The van der Waals surface area contributed by atoms with Gasteiger partial charge in [0.2, 0.25) is 5.89 Å². The third-order valence-electron chi connectivity index (χ3n) is 2.16. The molecule has 0 aliphatic heterocycles. The fraction of sp³-hybridized carbons (Fsp3) is 0.800. The number of nitrogens with zero attached hydrogens (tertiary/aromatic N) is 2. The first-order chi connectivity index (χ1) is 7.26. The highest BCUT2D eigenvalue weighted by Gasteiger charge is 2.09. The highest BCUT2D eigenvalue weighted by molar-refractivity contribution is 4.88. The maximum atomic E-state index is 5.21. The number of nitrogens with one attached hydrogen (secondary N) is 1. The average Bonchev–Trinajstić information content (AvgIpc) is 2.66. The molecule has 0 aliphatic rings. The second kappa shape index (κ2) is 6.53. The zero-order chi connectivity index (χ0) is 11.1. The molecule has 0 spiro atoms. The summed E-state index contributed by atoms with van der Waals surface area (Å²) in [5, 5.41) is 7.00. The van der Waals surface area contributed by atoms with Crippen LogP contribution in [0.25, 0.3) is 0 Å². The number of rotatable bonds is 7. The van der Waals surface area contributed by atoms with Gasteiger partial charge in [0.15, 0.2) is 5.82 Å². The Hall–Kier alpha value is -0.940. The molecule has 0 bridgehead atoms. The van der Waals surface area contributed by atoms with E-state index in [0.29, 0.717) is 25.0 Å². The summed E-state index contributed by atoms with van der Waals surface area (Å²) in [5.74, 6) is 1.41. The largest absolute Gasteiger partial charge is 0.381 e. The smallest absolute Gasteiger partial charge is 0.228 e. The van der Waals surface area contributed by atoms with Crippen molar-refractivity contribution in [1.29, 1.82) is 0 Å². The lowest BCUT2D eigenvalue weighted by Crippen LogP contribution is -2.23. The normalized spacial score (nSPS) is 13.0. The van der Waals surface area contributed by atoms with Crippen LogP contribution >= 0.6 is 0 Å². The standard InChI is InChI=1S/C10H19N3O2/c1-4-14-6-5-9-12-10(15-13-9)7-8(2)11-3/h8,11H,4-7H2,1-3H3. The molecule has 0 radical (unpaired) electrons. The van der Waals surface area contributed by atoms with E-state index in [0.717, 1.165) is 18.9 Å². The summed E-state index contributed by atoms with van der Waals surface area (Å²) < 4.78 is 10.3. The van der Waals surface area contributed by atoms with Crippen LogP contribution in [-0.4, -0.2) is 36.4 Å². The zero-order valence-corrected chi connectivity index (χ0v) is 9.62. The molecule has 1 unspecified atom stereocenters. The minimum Gasteiger partial charge on any atom is -0.381 e. The highest BCUT2D eigenvalue weighted by Crippen LogP contribution is 2.01. The molecule has 5 heteroatoms. The van der Waals surface area contributed by atoms with Gasteiger partial charge in [0.1, 0.15) is 0 Å². The SMILES string of the molecule is CCOCCc1noc(CC(C)NC)n1. The molecule has 1 aromatic rings. The number of hydrogen-bond acceptors (Lipinski definition) is 5. The van der Waals surface area contributed by atoms with E-state index >= 15 is 0 Å². The molecule has 1 aromatic heterocycles. The molecule has 0 aromatic carbocycles. The Bertz CT molecular complexity index is 275. The van der Waals surface area contributed by atoms with Gasteiger partial charge in [0.25, 0.3) is 0 Å². The van der Waals surface area contributed by atoms with Gasteiger partial charge in [-0.15, -0.1) is 0 Å². The summed E-state index contributed by atoms with van der Waals surface area (Å²) >= 11 is 0. The second-order valence-corrected chi connectivity index (χ2v) is 3.45. The Morgan fingerprint density at radius 1 is 1.53 bits per heavy atom. The van der Waals surface area contributed by atoms with Gasteiger partial charge in [-0.05, 0) is 20.9 Å². The number of hydrogen-bond donors (Lipinski definition) is 1. The number of ether oxygens (including phenoxy) is 1. The van der Waals surface area contributed by atoms with Crippen molar-refractivity contribution < 1.29 is 9.26 Å². The number of aromatic nitrogens is 2. The quantitative estimate of drug-likeness (QED) is 0.679. The van der Waals surface area contributed by atoms with Crippen molar-refractivity contribution in [3.05, 3.63) is 11.7 Å². The summed E-state index contributed by atoms with van der Waals surface area (Å²) in [7, 11) is 1.91. The van der Waals surface area contributed by atoms with Gasteiger partial charge in [-0.1, -0.05) is 5.16 Å². The van der Waals surface area contributed by atoms with Gasteiger partial charge >= 0.3 is 0 Å². The van der Waals surface area contributed by atoms with Gasteiger partial charge in [-0.3, -0.25) is 0 Å². The van der Waals surface area contributed by atoms with Gasteiger partial charge in [-0.25, -0.2) is 0 Å². The van der Waals surface area contributed by atoms with Crippen LogP contribution in [0.3, 0.4) is 0 Å². The molecule has 0 fully saturated rings. The van der Waals surface area contributed by atoms with Gasteiger partial charge < -0.3 is 14.6 Å². The molecule has 86 valence electrons. The third-order valence-corrected chi connectivity index (χ3v) is 2.16. The number of likely N-dealkylation sites (N-methyl/N-ethyl adjacent to an activating group) is 1. The zero-order valence-electron chi connectivity index (χ0n) is 9.62. The van der Waals surface area contributed by atoms with Crippen LogP contribution in [0.2, 0.25) is 0 Å². The molecular weight excluding hydrogens is 194 g/mol. The molecule has 1 rings (SSSR count). The minimum absolute atomic E-state index is 0.352. The van der Waals surface area contributed by atoms with Crippen LogP contribution in [0.4, 0.5) is 0 Å². The predicted octanol–water partition coefficient (Wildman–Crippen LogP) is 0.799. The molecule has 0 amide bonds. The molecule has 0 aliphatic carbocycles. The molecule has 1 heterocycles. The van der Waals surface area contributed by atoms with Crippen LogP contribution in [0.15, 0.2) is 4.52 Å². The van der Waals surface area contributed by atoms with E-state index in [-0.39, 0.29) is 0 Å². The lowest BCUT2D eigenvalue weighted by Gasteiger charge is -2.04. The average molecular weight is 213 g/mol. The van der Waals surface area contributed by atoms with Crippen molar-refractivity contribution in [3.63, 3.8) is 0 Å². The van der Waals surface area contributed by atoms with Crippen LogP contribution in [0.1, 0.15) is 25.6 Å². The van der Waals surface area contributed by atoms with E-state index < -0.39 is 0 Å². The Morgan fingerprint density at radius 3 is 3.00 bits per heavy atom. The summed E-state index contributed by atoms with van der Waals surface area (Å²) in [4.78, 5) is 4.27. The fourth-order valence-corrected chi connectivity index (χ4v) is 1.15. The minimum atomic E-state index is 0.352. The first kappa shape index (κ1) is 12.1. The monoisotopic (exact) mass is 213 g/mol. The van der Waals surface area contributed by atoms with Gasteiger partial charge in [0.05, 0.1) is 6.61 Å². The summed E-state index contributed by atoms with van der Waals surface area (Å²) in [6.07, 6.45) is 1.48. The van der Waals surface area contributed by atoms with Crippen LogP contribution in [0, 0.1) is 0 Å². The van der Waals surface area contributed by atoms with E-state index in [9.17, 15) is 0 Å². The Labute approximate surface area is 90.2 Å². The third kappa shape index (κ3) is 4.40. The molecular formula is C10H19N3O2. The van der Waals surface area contributed by atoms with Crippen molar-refractivity contribution in [2.45, 2.75) is 32.7 Å². The molecule has 0 saturated carbocycles. The topological polar surface area (TPSA) is 60.2 Å². The second-order valence-electron chi connectivity index (χ2n) is 3.45. The van der Waals surface area contributed by atoms with Crippen LogP contribution in [0.5, 0.6) is 0 Å². The Balaban J connectivity index is 2.35. The Morgan fingerprint density at radius 2 is 2.33 bits per heavy atom. The lowest BCUT2D eigenvalue weighted by atomic mass is 10.2. The maximum Gasteiger partial charge on any atom is 0.228 e. The van der Waals surface area contributed by atoms with Crippen LogP contribution in [-0.2, 0) is 17.6 Å². The fourth-order valence-electron chi connectivity index (χ4n) is 1.15. The summed E-state index contributed by atoms with van der Waals surface area (Å²) in [5.41, 5.74) is 0. The first-order valence-corrected chi connectivity index (χ1v) is 5.32. The molecule has 0 saturated heterocycles. The van der Waals surface area contributed by atoms with E-state index in [1.807, 2.05) is 14.0 Å². The van der Waals surface area contributed by atoms with Gasteiger partial charge in [0, 0.05) is 25.5 Å². The van der Waals surface area contributed by atoms with Crippen molar-refractivity contribution in [1.82, 2.24) is 15.5 Å². The summed E-state index contributed by atoms with van der Waals surface area (Å²) in [6, 6.07) is 0.352.